The number of benzene rings is 2. The Labute approximate surface area is 161 Å². The highest BCUT2D eigenvalue weighted by molar-refractivity contribution is 9.10. The van der Waals surface area contributed by atoms with Crippen LogP contribution >= 0.6 is 15.9 Å². The van der Waals surface area contributed by atoms with E-state index >= 15 is 0 Å². The molecule has 2 aromatic rings. The minimum absolute atomic E-state index is 0.00555. The SMILES string of the molecule is CCC(C(=O)Nc1ccc(Br)cc1F)N(c1ccc(C)cc1)S(C)(=O)=O. The molecule has 0 heterocycles. The fourth-order valence-electron chi connectivity index (χ4n) is 2.56. The number of nitrogens with one attached hydrogen (secondary N) is 1. The molecule has 0 saturated heterocycles. The van der Waals surface area contributed by atoms with Gasteiger partial charge in [-0.3, -0.25) is 9.10 Å². The lowest BCUT2D eigenvalue weighted by atomic mass is 10.1. The highest BCUT2D eigenvalue weighted by atomic mass is 79.9. The van der Waals surface area contributed by atoms with Gasteiger partial charge in [-0.25, -0.2) is 12.8 Å². The molecule has 140 valence electrons. The quantitative estimate of drug-likeness (QED) is 0.732. The molecule has 0 saturated carbocycles. The van der Waals surface area contributed by atoms with Crippen molar-refractivity contribution >= 4 is 43.2 Å². The first-order valence-electron chi connectivity index (χ1n) is 7.95. The lowest BCUT2D eigenvalue weighted by Gasteiger charge is -2.30. The van der Waals surface area contributed by atoms with Crippen molar-refractivity contribution in [1.29, 1.82) is 0 Å². The van der Waals surface area contributed by atoms with E-state index in [2.05, 4.69) is 21.2 Å². The van der Waals surface area contributed by atoms with Crippen LogP contribution < -0.4 is 9.62 Å². The van der Waals surface area contributed by atoms with E-state index in [4.69, 9.17) is 0 Å². The third-order valence-electron chi connectivity index (χ3n) is 3.81. The molecule has 0 bridgehead atoms. The van der Waals surface area contributed by atoms with Crippen LogP contribution in [0, 0.1) is 12.7 Å². The van der Waals surface area contributed by atoms with Crippen molar-refractivity contribution in [3.8, 4) is 0 Å². The van der Waals surface area contributed by atoms with Crippen molar-refractivity contribution in [3.63, 3.8) is 0 Å². The van der Waals surface area contributed by atoms with E-state index in [0.717, 1.165) is 16.1 Å². The molecule has 0 spiro atoms. The van der Waals surface area contributed by atoms with Gasteiger partial charge in [-0.1, -0.05) is 40.5 Å². The molecule has 0 aliphatic heterocycles. The van der Waals surface area contributed by atoms with E-state index < -0.39 is 27.8 Å². The number of amides is 1. The molecule has 0 radical (unpaired) electrons. The Balaban J connectivity index is 2.38. The number of aryl methyl sites for hydroxylation is 1. The standard InChI is InChI=1S/C18H20BrFN2O3S/c1-4-17(18(23)21-16-10-7-13(19)11-15(16)20)22(26(3,24)25)14-8-5-12(2)6-9-14/h5-11,17H,4H2,1-3H3,(H,21,23). The smallest absolute Gasteiger partial charge is 0.248 e. The third kappa shape index (κ3) is 4.82. The van der Waals surface area contributed by atoms with Crippen LogP contribution in [-0.2, 0) is 14.8 Å². The third-order valence-corrected chi connectivity index (χ3v) is 5.48. The maximum absolute atomic E-state index is 14.0. The van der Waals surface area contributed by atoms with E-state index in [9.17, 15) is 17.6 Å². The first-order chi connectivity index (χ1) is 12.1. The van der Waals surface area contributed by atoms with Gasteiger partial charge in [0.15, 0.2) is 0 Å². The predicted molar refractivity (Wildman–Crippen MR) is 105 cm³/mol. The molecule has 0 aliphatic rings. The van der Waals surface area contributed by atoms with Crippen LogP contribution in [0.15, 0.2) is 46.9 Å². The molecule has 2 aromatic carbocycles. The average molecular weight is 443 g/mol. The highest BCUT2D eigenvalue weighted by Gasteiger charge is 2.31. The zero-order valence-electron chi connectivity index (χ0n) is 14.7. The Morgan fingerprint density at radius 2 is 1.85 bits per heavy atom. The lowest BCUT2D eigenvalue weighted by Crippen LogP contribution is -2.47. The van der Waals surface area contributed by atoms with Crippen LogP contribution in [0.2, 0.25) is 0 Å². The summed E-state index contributed by atoms with van der Waals surface area (Å²) in [6, 6.07) is 10.1. The molecule has 0 fully saturated rings. The van der Waals surface area contributed by atoms with E-state index in [0.29, 0.717) is 10.2 Å². The highest BCUT2D eigenvalue weighted by Crippen LogP contribution is 2.25. The van der Waals surface area contributed by atoms with Crippen molar-refractivity contribution in [1.82, 2.24) is 0 Å². The number of nitrogens with zero attached hydrogens (tertiary/aromatic N) is 1. The van der Waals surface area contributed by atoms with Crippen LogP contribution in [0.3, 0.4) is 0 Å². The van der Waals surface area contributed by atoms with Gasteiger partial charge >= 0.3 is 0 Å². The van der Waals surface area contributed by atoms with E-state index in [1.165, 1.54) is 12.1 Å². The number of carbonyl (C=O) groups is 1. The second-order valence-corrected chi connectivity index (χ2v) is 8.71. The van der Waals surface area contributed by atoms with Gasteiger partial charge in [0.2, 0.25) is 15.9 Å². The summed E-state index contributed by atoms with van der Waals surface area (Å²) < 4.78 is 40.3. The Morgan fingerprint density at radius 1 is 1.23 bits per heavy atom. The molecule has 1 atom stereocenters. The lowest BCUT2D eigenvalue weighted by molar-refractivity contribution is -0.117. The van der Waals surface area contributed by atoms with Gasteiger partial charge in [0, 0.05) is 4.47 Å². The molecular formula is C18H20BrFN2O3S. The number of rotatable bonds is 6. The second kappa shape index (κ2) is 8.18. The number of anilines is 2. The average Bonchev–Trinajstić information content (AvgIpc) is 2.55. The predicted octanol–water partition coefficient (Wildman–Crippen LogP) is 4.08. The fraction of sp³-hybridized carbons (Fsp3) is 0.278. The minimum atomic E-state index is -3.73. The van der Waals surface area contributed by atoms with Gasteiger partial charge in [-0.05, 0) is 43.7 Å². The van der Waals surface area contributed by atoms with E-state index in [-0.39, 0.29) is 12.1 Å². The number of halogens is 2. The van der Waals surface area contributed by atoms with Crippen LogP contribution in [0.25, 0.3) is 0 Å². The zero-order valence-corrected chi connectivity index (χ0v) is 17.1. The van der Waals surface area contributed by atoms with Crippen molar-refractivity contribution in [2.45, 2.75) is 26.3 Å². The van der Waals surface area contributed by atoms with E-state index in [1.54, 1.807) is 37.3 Å². The summed E-state index contributed by atoms with van der Waals surface area (Å²) >= 11 is 3.15. The second-order valence-electron chi connectivity index (χ2n) is 5.93. The molecule has 8 heteroatoms. The van der Waals surface area contributed by atoms with Crippen LogP contribution in [0.4, 0.5) is 15.8 Å². The molecule has 1 unspecified atom stereocenters. The number of hydrogen-bond acceptors (Lipinski definition) is 3. The molecule has 0 aromatic heterocycles. The van der Waals surface area contributed by atoms with Gasteiger partial charge in [0.25, 0.3) is 0 Å². The number of carbonyl (C=O) groups excluding carboxylic acids is 1. The summed E-state index contributed by atoms with van der Waals surface area (Å²) in [5.74, 6) is -1.21. The normalized spacial score (nSPS) is 12.5. The number of sulfonamides is 1. The summed E-state index contributed by atoms with van der Waals surface area (Å²) in [7, 11) is -3.73. The molecule has 1 N–H and O–H groups in total. The first-order valence-corrected chi connectivity index (χ1v) is 10.6. The number of hydrogen-bond donors (Lipinski definition) is 1. The zero-order chi connectivity index (χ0) is 19.5. The maximum atomic E-state index is 14.0. The van der Waals surface area contributed by atoms with Crippen LogP contribution in [0.1, 0.15) is 18.9 Å². The molecule has 0 aliphatic carbocycles. The van der Waals surface area contributed by atoms with Gasteiger partial charge < -0.3 is 5.32 Å². The summed E-state index contributed by atoms with van der Waals surface area (Å²) in [5.41, 5.74) is 1.35. The summed E-state index contributed by atoms with van der Waals surface area (Å²) in [4.78, 5) is 12.7. The fourth-order valence-corrected chi connectivity index (χ4v) is 4.10. The molecular weight excluding hydrogens is 423 g/mol. The largest absolute Gasteiger partial charge is 0.322 e. The molecule has 5 nitrogen and oxygen atoms in total. The molecule has 2 rings (SSSR count). The Kier molecular flexibility index (Phi) is 6.41. The van der Waals surface area contributed by atoms with Gasteiger partial charge in [-0.15, -0.1) is 0 Å². The van der Waals surface area contributed by atoms with Crippen LogP contribution in [-0.4, -0.2) is 26.6 Å². The summed E-state index contributed by atoms with van der Waals surface area (Å²) in [6.45, 7) is 3.59. The van der Waals surface area contributed by atoms with Gasteiger partial charge in [0.05, 0.1) is 17.6 Å². The Hall–Kier alpha value is -1.93. The maximum Gasteiger partial charge on any atom is 0.248 e. The van der Waals surface area contributed by atoms with Gasteiger partial charge in [0.1, 0.15) is 11.9 Å². The molecule has 26 heavy (non-hydrogen) atoms. The Bertz CT molecular complexity index is 901. The molecule has 1 amide bonds. The minimum Gasteiger partial charge on any atom is -0.322 e. The van der Waals surface area contributed by atoms with Crippen molar-refractivity contribution in [2.75, 3.05) is 15.9 Å². The van der Waals surface area contributed by atoms with Crippen molar-refractivity contribution in [2.24, 2.45) is 0 Å². The van der Waals surface area contributed by atoms with Crippen molar-refractivity contribution < 1.29 is 17.6 Å². The summed E-state index contributed by atoms with van der Waals surface area (Å²) in [6.07, 6.45) is 1.27. The van der Waals surface area contributed by atoms with Crippen LogP contribution in [0.5, 0.6) is 0 Å². The van der Waals surface area contributed by atoms with E-state index in [1.807, 2.05) is 6.92 Å². The topological polar surface area (TPSA) is 66.5 Å². The Morgan fingerprint density at radius 3 is 2.35 bits per heavy atom. The first kappa shape index (κ1) is 20.4. The summed E-state index contributed by atoms with van der Waals surface area (Å²) in [5, 5.41) is 2.48. The monoisotopic (exact) mass is 442 g/mol. The van der Waals surface area contributed by atoms with Crippen molar-refractivity contribution in [3.05, 3.63) is 58.3 Å². The van der Waals surface area contributed by atoms with Gasteiger partial charge in [-0.2, -0.15) is 0 Å².